The second-order valence-corrected chi connectivity index (χ2v) is 4.93. The highest BCUT2D eigenvalue weighted by molar-refractivity contribution is 5.86. The van der Waals surface area contributed by atoms with Crippen LogP contribution in [0.3, 0.4) is 0 Å². The Labute approximate surface area is 118 Å². The SMILES string of the molecule is COC(=O)C1CCCCN1C(=O)Cc1ccccc1O. The number of benzene rings is 1. The summed E-state index contributed by atoms with van der Waals surface area (Å²) in [5.74, 6) is -0.413. The number of carbonyl (C=O) groups excluding carboxylic acids is 2. The lowest BCUT2D eigenvalue weighted by molar-refractivity contribution is -0.154. The molecule has 0 aromatic heterocycles. The Hall–Kier alpha value is -2.04. The van der Waals surface area contributed by atoms with Gasteiger partial charge in [-0.3, -0.25) is 4.79 Å². The Balaban J connectivity index is 2.10. The highest BCUT2D eigenvalue weighted by Gasteiger charge is 2.32. The van der Waals surface area contributed by atoms with Crippen LogP contribution in [0.25, 0.3) is 0 Å². The molecule has 2 rings (SSSR count). The van der Waals surface area contributed by atoms with Gasteiger partial charge in [0, 0.05) is 12.1 Å². The highest BCUT2D eigenvalue weighted by atomic mass is 16.5. The molecular weight excluding hydrogens is 258 g/mol. The Kier molecular flexibility index (Phi) is 4.61. The smallest absolute Gasteiger partial charge is 0.328 e. The number of carbonyl (C=O) groups is 2. The van der Waals surface area contributed by atoms with E-state index in [9.17, 15) is 14.7 Å². The Morgan fingerprint density at radius 3 is 2.80 bits per heavy atom. The van der Waals surface area contributed by atoms with Gasteiger partial charge in [0.05, 0.1) is 13.5 Å². The first-order chi connectivity index (χ1) is 9.63. The molecule has 0 saturated carbocycles. The van der Waals surface area contributed by atoms with Crippen molar-refractivity contribution in [3.8, 4) is 5.75 Å². The number of rotatable bonds is 3. The van der Waals surface area contributed by atoms with E-state index in [2.05, 4.69) is 0 Å². The van der Waals surface area contributed by atoms with Crippen molar-refractivity contribution in [1.82, 2.24) is 4.90 Å². The summed E-state index contributed by atoms with van der Waals surface area (Å²) in [6, 6.07) is 6.26. The molecular formula is C15H19NO4. The summed E-state index contributed by atoms with van der Waals surface area (Å²) in [6.45, 7) is 0.562. The zero-order chi connectivity index (χ0) is 14.5. The summed E-state index contributed by atoms with van der Waals surface area (Å²) < 4.78 is 4.76. The fourth-order valence-corrected chi connectivity index (χ4v) is 2.54. The first-order valence-electron chi connectivity index (χ1n) is 6.77. The molecule has 1 aliphatic heterocycles. The van der Waals surface area contributed by atoms with E-state index in [0.29, 0.717) is 18.5 Å². The summed E-state index contributed by atoms with van der Waals surface area (Å²) in [5.41, 5.74) is 0.576. The Morgan fingerprint density at radius 1 is 1.35 bits per heavy atom. The number of phenolic OH excluding ortho intramolecular Hbond substituents is 1. The van der Waals surface area contributed by atoms with Gasteiger partial charge in [-0.1, -0.05) is 18.2 Å². The van der Waals surface area contributed by atoms with Crippen molar-refractivity contribution in [2.24, 2.45) is 0 Å². The molecule has 1 aromatic rings. The maximum atomic E-state index is 12.4. The summed E-state index contributed by atoms with van der Waals surface area (Å²) >= 11 is 0. The van der Waals surface area contributed by atoms with Gasteiger partial charge in [0.2, 0.25) is 5.91 Å². The van der Waals surface area contributed by atoms with Crippen LogP contribution in [0.2, 0.25) is 0 Å². The number of likely N-dealkylation sites (tertiary alicyclic amines) is 1. The minimum absolute atomic E-state index is 0.0974. The molecule has 1 amide bonds. The maximum absolute atomic E-state index is 12.4. The van der Waals surface area contributed by atoms with Gasteiger partial charge in [-0.05, 0) is 25.3 Å². The third-order valence-corrected chi connectivity index (χ3v) is 3.63. The standard InChI is InChI=1S/C15H19NO4/c1-20-15(19)12-7-4-5-9-16(12)14(18)10-11-6-2-3-8-13(11)17/h2-3,6,8,12,17H,4-5,7,9-10H2,1H3. The van der Waals surface area contributed by atoms with Gasteiger partial charge < -0.3 is 14.7 Å². The molecule has 20 heavy (non-hydrogen) atoms. The van der Waals surface area contributed by atoms with Crippen molar-refractivity contribution in [2.75, 3.05) is 13.7 Å². The Morgan fingerprint density at radius 2 is 2.10 bits per heavy atom. The molecule has 108 valence electrons. The first-order valence-corrected chi connectivity index (χ1v) is 6.77. The third-order valence-electron chi connectivity index (χ3n) is 3.63. The molecule has 1 saturated heterocycles. The number of para-hydroxylation sites is 1. The topological polar surface area (TPSA) is 66.8 Å². The molecule has 0 aliphatic carbocycles. The van der Waals surface area contributed by atoms with Crippen LogP contribution >= 0.6 is 0 Å². The minimum atomic E-state index is -0.493. The number of aromatic hydroxyl groups is 1. The van der Waals surface area contributed by atoms with Gasteiger partial charge in [-0.25, -0.2) is 4.79 Å². The summed E-state index contributed by atoms with van der Waals surface area (Å²) in [6.07, 6.45) is 2.54. The zero-order valence-corrected chi connectivity index (χ0v) is 11.5. The lowest BCUT2D eigenvalue weighted by Crippen LogP contribution is -2.49. The summed E-state index contributed by atoms with van der Waals surface area (Å²) in [7, 11) is 1.34. The van der Waals surface area contributed by atoms with Crippen molar-refractivity contribution in [1.29, 1.82) is 0 Å². The number of amides is 1. The predicted molar refractivity (Wildman–Crippen MR) is 73.2 cm³/mol. The molecule has 1 unspecified atom stereocenters. The van der Waals surface area contributed by atoms with Crippen LogP contribution in [-0.4, -0.2) is 41.6 Å². The van der Waals surface area contributed by atoms with E-state index in [0.717, 1.165) is 12.8 Å². The van der Waals surface area contributed by atoms with Gasteiger partial charge in [-0.15, -0.1) is 0 Å². The van der Waals surface area contributed by atoms with Crippen LogP contribution in [0.5, 0.6) is 5.75 Å². The normalized spacial score (nSPS) is 18.6. The highest BCUT2D eigenvalue weighted by Crippen LogP contribution is 2.22. The second kappa shape index (κ2) is 6.41. The number of phenols is 1. The van der Waals surface area contributed by atoms with Gasteiger partial charge in [0.25, 0.3) is 0 Å². The number of methoxy groups -OCH3 is 1. The van der Waals surface area contributed by atoms with Crippen LogP contribution < -0.4 is 0 Å². The molecule has 0 radical (unpaired) electrons. The number of hydrogen-bond donors (Lipinski definition) is 1. The third kappa shape index (κ3) is 3.10. The predicted octanol–water partition coefficient (Wildman–Crippen LogP) is 1.49. The molecule has 0 spiro atoms. The van der Waals surface area contributed by atoms with Crippen LogP contribution in [-0.2, 0) is 20.7 Å². The molecule has 1 heterocycles. The average molecular weight is 277 g/mol. The molecule has 1 aromatic carbocycles. The fraction of sp³-hybridized carbons (Fsp3) is 0.467. The van der Waals surface area contributed by atoms with E-state index in [1.165, 1.54) is 7.11 Å². The number of esters is 1. The number of piperidine rings is 1. The molecule has 1 fully saturated rings. The minimum Gasteiger partial charge on any atom is -0.508 e. The quantitative estimate of drug-likeness (QED) is 0.850. The lowest BCUT2D eigenvalue weighted by Gasteiger charge is -2.33. The zero-order valence-electron chi connectivity index (χ0n) is 11.5. The number of nitrogens with zero attached hydrogens (tertiary/aromatic N) is 1. The maximum Gasteiger partial charge on any atom is 0.328 e. The molecule has 5 nitrogen and oxygen atoms in total. The summed E-state index contributed by atoms with van der Waals surface area (Å²) in [5, 5.41) is 9.72. The van der Waals surface area contributed by atoms with Crippen molar-refractivity contribution in [3.05, 3.63) is 29.8 Å². The van der Waals surface area contributed by atoms with Crippen LogP contribution in [0.1, 0.15) is 24.8 Å². The average Bonchev–Trinajstić information content (AvgIpc) is 2.48. The molecule has 5 heteroatoms. The number of hydrogen-bond acceptors (Lipinski definition) is 4. The second-order valence-electron chi connectivity index (χ2n) is 4.93. The lowest BCUT2D eigenvalue weighted by atomic mass is 10.0. The molecule has 1 aliphatic rings. The van der Waals surface area contributed by atoms with Crippen molar-refractivity contribution >= 4 is 11.9 Å². The van der Waals surface area contributed by atoms with E-state index in [4.69, 9.17) is 4.74 Å². The van der Waals surface area contributed by atoms with E-state index >= 15 is 0 Å². The largest absolute Gasteiger partial charge is 0.508 e. The molecule has 0 bridgehead atoms. The Bertz CT molecular complexity index is 500. The van der Waals surface area contributed by atoms with E-state index < -0.39 is 6.04 Å². The summed E-state index contributed by atoms with van der Waals surface area (Å²) in [4.78, 5) is 25.7. The van der Waals surface area contributed by atoms with Crippen molar-refractivity contribution in [3.63, 3.8) is 0 Å². The van der Waals surface area contributed by atoms with Crippen LogP contribution in [0.4, 0.5) is 0 Å². The van der Waals surface area contributed by atoms with E-state index in [1.54, 1.807) is 29.2 Å². The van der Waals surface area contributed by atoms with Crippen LogP contribution in [0, 0.1) is 0 Å². The number of ether oxygens (including phenoxy) is 1. The first kappa shape index (κ1) is 14.4. The van der Waals surface area contributed by atoms with E-state index in [1.807, 2.05) is 0 Å². The van der Waals surface area contributed by atoms with Crippen LogP contribution in [0.15, 0.2) is 24.3 Å². The van der Waals surface area contributed by atoms with Crippen molar-refractivity contribution in [2.45, 2.75) is 31.7 Å². The van der Waals surface area contributed by atoms with Gasteiger partial charge in [0.1, 0.15) is 11.8 Å². The van der Waals surface area contributed by atoms with Gasteiger partial charge >= 0.3 is 5.97 Å². The monoisotopic (exact) mass is 277 g/mol. The molecule has 1 N–H and O–H groups in total. The molecule has 1 atom stereocenters. The van der Waals surface area contributed by atoms with Crippen molar-refractivity contribution < 1.29 is 19.4 Å². The van der Waals surface area contributed by atoms with E-state index in [-0.39, 0.29) is 24.0 Å². The van der Waals surface area contributed by atoms with Gasteiger partial charge in [-0.2, -0.15) is 0 Å². The fourth-order valence-electron chi connectivity index (χ4n) is 2.54. The van der Waals surface area contributed by atoms with Gasteiger partial charge in [0.15, 0.2) is 0 Å².